The molecule has 0 spiro atoms. The molecule has 0 aromatic carbocycles. The molecule has 0 aromatic heterocycles. The Kier molecular flexibility index (Phi) is 2.41. The van der Waals surface area contributed by atoms with Gasteiger partial charge < -0.3 is 5.11 Å². The van der Waals surface area contributed by atoms with Gasteiger partial charge in [-0.1, -0.05) is 0 Å². The van der Waals surface area contributed by atoms with Crippen LogP contribution in [0.3, 0.4) is 0 Å². The third-order valence-electron chi connectivity index (χ3n) is 1.65. The molecule has 4 nitrogen and oxygen atoms in total. The minimum absolute atomic E-state index is 0.116. The molecule has 1 heterocycles. The molecular weight excluding hydrogens is 118 g/mol. The summed E-state index contributed by atoms with van der Waals surface area (Å²) in [5.41, 5.74) is 2.55. The SMILES string of the molecule is NNN1CCC(O)CC1. The lowest BCUT2D eigenvalue weighted by atomic mass is 10.1. The van der Waals surface area contributed by atoms with E-state index in [-0.39, 0.29) is 6.10 Å². The number of nitrogens with zero attached hydrogens (tertiary/aromatic N) is 1. The highest BCUT2D eigenvalue weighted by molar-refractivity contribution is 4.66. The highest BCUT2D eigenvalue weighted by Crippen LogP contribution is 2.05. The van der Waals surface area contributed by atoms with E-state index in [2.05, 4.69) is 5.53 Å². The molecule has 0 atom stereocenters. The Bertz CT molecular complexity index is 80.3. The monoisotopic (exact) mass is 131 g/mol. The number of aliphatic hydroxyl groups is 1. The van der Waals surface area contributed by atoms with Gasteiger partial charge in [0.15, 0.2) is 0 Å². The number of hydrogen-bond acceptors (Lipinski definition) is 4. The lowest BCUT2D eigenvalue weighted by Crippen LogP contribution is -2.48. The Morgan fingerprint density at radius 1 is 1.44 bits per heavy atom. The van der Waals surface area contributed by atoms with Gasteiger partial charge in [0.25, 0.3) is 0 Å². The van der Waals surface area contributed by atoms with Crippen LogP contribution in [0.4, 0.5) is 0 Å². The normalized spacial score (nSPS) is 24.7. The van der Waals surface area contributed by atoms with Crippen molar-refractivity contribution in [2.24, 2.45) is 5.84 Å². The second-order valence-corrected chi connectivity index (χ2v) is 2.35. The van der Waals surface area contributed by atoms with Crippen LogP contribution < -0.4 is 11.4 Å². The predicted molar refractivity (Wildman–Crippen MR) is 34.1 cm³/mol. The summed E-state index contributed by atoms with van der Waals surface area (Å²) < 4.78 is 0. The Morgan fingerprint density at radius 3 is 2.44 bits per heavy atom. The van der Waals surface area contributed by atoms with Gasteiger partial charge in [-0.2, -0.15) is 5.53 Å². The standard InChI is InChI=1S/C5H13N3O/c6-7-8-3-1-5(9)2-4-8/h5,7,9H,1-4,6H2. The average Bonchev–Trinajstić information content (AvgIpc) is 1.90. The zero-order valence-electron chi connectivity index (χ0n) is 5.38. The van der Waals surface area contributed by atoms with Gasteiger partial charge >= 0.3 is 0 Å². The largest absolute Gasteiger partial charge is 0.393 e. The summed E-state index contributed by atoms with van der Waals surface area (Å²) in [5, 5.41) is 10.9. The smallest absolute Gasteiger partial charge is 0.0565 e. The maximum atomic E-state index is 9.03. The van der Waals surface area contributed by atoms with Crippen LogP contribution >= 0.6 is 0 Å². The van der Waals surface area contributed by atoms with Crippen LogP contribution in [0.5, 0.6) is 0 Å². The van der Waals surface area contributed by atoms with Gasteiger partial charge in [0.2, 0.25) is 0 Å². The molecule has 4 N–H and O–H groups in total. The summed E-state index contributed by atoms with van der Waals surface area (Å²) in [5.74, 6) is 5.14. The fourth-order valence-corrected chi connectivity index (χ4v) is 0.995. The van der Waals surface area contributed by atoms with Crippen LogP contribution in [0.2, 0.25) is 0 Å². The molecule has 4 heteroatoms. The van der Waals surface area contributed by atoms with Crippen LogP contribution in [0, 0.1) is 0 Å². The summed E-state index contributed by atoms with van der Waals surface area (Å²) in [4.78, 5) is 0. The molecule has 0 saturated carbocycles. The van der Waals surface area contributed by atoms with Crippen molar-refractivity contribution in [3.05, 3.63) is 0 Å². The van der Waals surface area contributed by atoms with Gasteiger partial charge in [-0.3, -0.25) is 5.84 Å². The minimum atomic E-state index is -0.116. The quantitative estimate of drug-likeness (QED) is 0.310. The average molecular weight is 131 g/mol. The molecule has 0 aromatic rings. The van der Waals surface area contributed by atoms with E-state index in [9.17, 15) is 0 Å². The van der Waals surface area contributed by atoms with Gasteiger partial charge in [0, 0.05) is 13.1 Å². The number of aliphatic hydroxyl groups excluding tert-OH is 1. The fraction of sp³-hybridized carbons (Fsp3) is 1.00. The summed E-state index contributed by atoms with van der Waals surface area (Å²) in [7, 11) is 0. The molecule has 54 valence electrons. The summed E-state index contributed by atoms with van der Waals surface area (Å²) in [6.07, 6.45) is 1.53. The molecule has 0 aliphatic carbocycles. The van der Waals surface area contributed by atoms with E-state index in [0.29, 0.717) is 0 Å². The molecule has 9 heavy (non-hydrogen) atoms. The first-order chi connectivity index (χ1) is 4.33. The number of nitrogens with two attached hydrogens (primary N) is 1. The molecule has 1 saturated heterocycles. The zero-order valence-corrected chi connectivity index (χ0v) is 5.38. The molecular formula is C5H13N3O. The third kappa shape index (κ3) is 1.91. The Balaban J connectivity index is 2.18. The summed E-state index contributed by atoms with van der Waals surface area (Å²) in [6.45, 7) is 1.69. The summed E-state index contributed by atoms with van der Waals surface area (Å²) >= 11 is 0. The van der Waals surface area contributed by atoms with Gasteiger partial charge in [0.1, 0.15) is 0 Å². The first-order valence-corrected chi connectivity index (χ1v) is 3.22. The van der Waals surface area contributed by atoms with Crippen molar-refractivity contribution in [1.29, 1.82) is 0 Å². The second-order valence-electron chi connectivity index (χ2n) is 2.35. The van der Waals surface area contributed by atoms with Gasteiger partial charge in [-0.15, -0.1) is 0 Å². The van der Waals surface area contributed by atoms with E-state index in [4.69, 9.17) is 10.9 Å². The van der Waals surface area contributed by atoms with Crippen molar-refractivity contribution in [3.8, 4) is 0 Å². The highest BCUT2D eigenvalue weighted by Gasteiger charge is 2.14. The van der Waals surface area contributed by atoms with Crippen molar-refractivity contribution < 1.29 is 5.11 Å². The van der Waals surface area contributed by atoms with Crippen molar-refractivity contribution >= 4 is 0 Å². The molecule has 0 radical (unpaired) electrons. The van der Waals surface area contributed by atoms with Crippen LogP contribution in [0.25, 0.3) is 0 Å². The van der Waals surface area contributed by atoms with E-state index < -0.39 is 0 Å². The molecule has 0 amide bonds. The molecule has 0 unspecified atom stereocenters. The van der Waals surface area contributed by atoms with Crippen molar-refractivity contribution in [2.45, 2.75) is 18.9 Å². The molecule has 1 aliphatic rings. The fourth-order valence-electron chi connectivity index (χ4n) is 0.995. The summed E-state index contributed by atoms with van der Waals surface area (Å²) in [6, 6.07) is 0. The van der Waals surface area contributed by atoms with Crippen LogP contribution in [0.15, 0.2) is 0 Å². The Hall–Kier alpha value is -0.160. The second kappa shape index (κ2) is 3.12. The third-order valence-corrected chi connectivity index (χ3v) is 1.65. The number of piperidine rings is 1. The van der Waals surface area contributed by atoms with Gasteiger partial charge in [0.05, 0.1) is 6.10 Å². The lowest BCUT2D eigenvalue weighted by molar-refractivity contribution is 0.0563. The van der Waals surface area contributed by atoms with Crippen molar-refractivity contribution in [3.63, 3.8) is 0 Å². The first kappa shape index (κ1) is 6.95. The minimum Gasteiger partial charge on any atom is -0.393 e. The van der Waals surface area contributed by atoms with Gasteiger partial charge in [-0.05, 0) is 12.8 Å². The van der Waals surface area contributed by atoms with E-state index in [0.717, 1.165) is 25.9 Å². The maximum absolute atomic E-state index is 9.03. The molecule has 1 rings (SSSR count). The highest BCUT2D eigenvalue weighted by atomic mass is 16.3. The zero-order chi connectivity index (χ0) is 6.69. The predicted octanol–water partition coefficient (Wildman–Crippen LogP) is -1.18. The van der Waals surface area contributed by atoms with Crippen LogP contribution in [0.1, 0.15) is 12.8 Å². The van der Waals surface area contributed by atoms with Crippen LogP contribution in [-0.2, 0) is 0 Å². The van der Waals surface area contributed by atoms with Crippen molar-refractivity contribution in [2.75, 3.05) is 13.1 Å². The number of hydrazine groups is 2. The Labute approximate surface area is 54.6 Å². The lowest BCUT2D eigenvalue weighted by Gasteiger charge is -2.27. The number of nitrogens with one attached hydrogen (secondary N) is 1. The van der Waals surface area contributed by atoms with Gasteiger partial charge in [-0.25, -0.2) is 5.01 Å². The van der Waals surface area contributed by atoms with Crippen LogP contribution in [-0.4, -0.2) is 29.3 Å². The maximum Gasteiger partial charge on any atom is 0.0565 e. The van der Waals surface area contributed by atoms with Crippen molar-refractivity contribution in [1.82, 2.24) is 10.5 Å². The van der Waals surface area contributed by atoms with E-state index in [1.54, 1.807) is 0 Å². The first-order valence-electron chi connectivity index (χ1n) is 3.22. The Morgan fingerprint density at radius 2 is 2.00 bits per heavy atom. The number of hydrogen-bond donors (Lipinski definition) is 3. The number of rotatable bonds is 1. The molecule has 1 aliphatic heterocycles. The molecule has 0 bridgehead atoms. The van der Waals surface area contributed by atoms with E-state index >= 15 is 0 Å². The van der Waals surface area contributed by atoms with E-state index in [1.165, 1.54) is 0 Å². The molecule has 1 fully saturated rings. The van der Waals surface area contributed by atoms with E-state index in [1.807, 2.05) is 5.01 Å². The topological polar surface area (TPSA) is 61.5 Å².